The van der Waals surface area contributed by atoms with Crippen molar-refractivity contribution in [2.24, 2.45) is 0 Å². The second-order valence-corrected chi connectivity index (χ2v) is 0. The van der Waals surface area contributed by atoms with Crippen LogP contribution in [-0.2, 0) is 17.1 Å². The van der Waals surface area contributed by atoms with Crippen LogP contribution in [0.3, 0.4) is 0 Å². The van der Waals surface area contributed by atoms with Gasteiger partial charge in [0, 0.05) is 17.1 Å². The average molecular weight is 162 g/mol. The number of hydrogen-bond donors (Lipinski definition) is 0. The summed E-state index contributed by atoms with van der Waals surface area (Å²) in [5, 5.41) is 0. The summed E-state index contributed by atoms with van der Waals surface area (Å²) in [5.74, 6) is 0. The van der Waals surface area contributed by atoms with Crippen LogP contribution < -0.4 is 80.9 Å². The van der Waals surface area contributed by atoms with Crippen LogP contribution in [0.15, 0.2) is 0 Å². The summed E-state index contributed by atoms with van der Waals surface area (Å²) >= 11 is 0. The van der Waals surface area contributed by atoms with E-state index in [1.165, 1.54) is 0 Å². The Labute approximate surface area is 137 Å². The average Bonchev–Trinajstić information content (AvgIpc) is 0. The van der Waals surface area contributed by atoms with Crippen molar-refractivity contribution in [1.29, 1.82) is 0 Å². The first-order chi connectivity index (χ1) is 0. The van der Waals surface area contributed by atoms with Gasteiger partial charge in [0.1, 0.15) is 0 Å². The van der Waals surface area contributed by atoms with E-state index in [9.17, 15) is 0 Å². The smallest absolute Gasteiger partial charge is 1.00 e. The van der Waals surface area contributed by atoms with E-state index in [1.54, 1.807) is 0 Å². The van der Waals surface area contributed by atoms with E-state index in [2.05, 4.69) is 0 Å². The second kappa shape index (κ2) is 15.7. The van der Waals surface area contributed by atoms with Gasteiger partial charge in [-0.2, -0.15) is 0 Å². The van der Waals surface area contributed by atoms with Gasteiger partial charge in [0.15, 0.2) is 0 Å². The molecular weight excluding hydrogens is 158 g/mol. The summed E-state index contributed by atoms with van der Waals surface area (Å²) in [5.41, 5.74) is 0. The van der Waals surface area contributed by atoms with Gasteiger partial charge in [0.2, 0.25) is 0 Å². The van der Waals surface area contributed by atoms with Crippen LogP contribution in [0.25, 0.3) is 0 Å². The molecule has 0 aliphatic carbocycles. The van der Waals surface area contributed by atoms with Crippen molar-refractivity contribution in [1.82, 2.24) is 0 Å². The molecule has 0 radical (unpaired) electrons. The SMILES string of the molecule is [Ca+2].[Fe].[H-].[H-].[H-].[H-].[K+].[Na+]. The monoisotopic (exact) mass is 162 g/mol. The van der Waals surface area contributed by atoms with Crippen LogP contribution in [0.2, 0.25) is 0 Å². The molecule has 0 bridgehead atoms. The molecule has 0 fully saturated rings. The summed E-state index contributed by atoms with van der Waals surface area (Å²) in [6.07, 6.45) is 0. The zero-order valence-electron chi connectivity index (χ0n) is 7.06. The van der Waals surface area contributed by atoms with Crippen molar-refractivity contribution < 1.29 is 104 Å². The van der Waals surface area contributed by atoms with Crippen LogP contribution in [0.5, 0.6) is 0 Å². The van der Waals surface area contributed by atoms with E-state index in [1.807, 2.05) is 0 Å². The summed E-state index contributed by atoms with van der Waals surface area (Å²) < 4.78 is 0. The van der Waals surface area contributed by atoms with Crippen molar-refractivity contribution in [3.05, 3.63) is 0 Å². The summed E-state index contributed by atoms with van der Waals surface area (Å²) in [6.45, 7) is 0. The molecule has 0 aromatic rings. The molecule has 0 aromatic carbocycles. The fourth-order valence-corrected chi connectivity index (χ4v) is 0. The van der Waals surface area contributed by atoms with Gasteiger partial charge in [-0.3, -0.25) is 0 Å². The Kier molecular flexibility index (Phi) is 92.9. The van der Waals surface area contributed by atoms with Gasteiger partial charge in [-0.25, -0.2) is 0 Å². The third-order valence-corrected chi connectivity index (χ3v) is 0. The van der Waals surface area contributed by atoms with Gasteiger partial charge >= 0.3 is 119 Å². The van der Waals surface area contributed by atoms with Crippen molar-refractivity contribution >= 4 is 37.7 Å². The fourth-order valence-electron chi connectivity index (χ4n) is 0. The minimum atomic E-state index is 0. The Hall–Kier alpha value is 4.42. The van der Waals surface area contributed by atoms with Crippen LogP contribution in [0, 0.1) is 0 Å². The molecule has 0 saturated carbocycles. The Morgan fingerprint density at radius 1 is 1.25 bits per heavy atom. The third-order valence-electron chi connectivity index (χ3n) is 0. The molecule has 4 heavy (non-hydrogen) atoms. The molecule has 4 heteroatoms. The molecule has 0 N–H and O–H groups in total. The Morgan fingerprint density at radius 2 is 1.25 bits per heavy atom. The van der Waals surface area contributed by atoms with Crippen molar-refractivity contribution in [2.75, 3.05) is 0 Å². The van der Waals surface area contributed by atoms with Crippen molar-refractivity contribution in [3.8, 4) is 0 Å². The molecule has 0 nitrogen and oxygen atoms in total. The molecule has 0 unspecified atom stereocenters. The minimum absolute atomic E-state index is 0. The van der Waals surface area contributed by atoms with Gasteiger partial charge in [-0.05, 0) is 0 Å². The zero-order valence-corrected chi connectivity index (χ0v) is 11.5. The van der Waals surface area contributed by atoms with Gasteiger partial charge in [0.25, 0.3) is 0 Å². The first-order valence-corrected chi connectivity index (χ1v) is 0. The van der Waals surface area contributed by atoms with Crippen LogP contribution in [0.1, 0.15) is 5.71 Å². The molecule has 0 saturated heterocycles. The maximum atomic E-state index is 0. The predicted octanol–water partition coefficient (Wildman–Crippen LogP) is -5.93. The van der Waals surface area contributed by atoms with E-state index in [0.29, 0.717) is 0 Å². The number of hydrogen-bond acceptors (Lipinski definition) is 0. The zero-order chi connectivity index (χ0) is 0. The topological polar surface area (TPSA) is 0 Å². The molecule has 0 amide bonds. The van der Waals surface area contributed by atoms with E-state index in [-0.39, 0.29) is 141 Å². The van der Waals surface area contributed by atoms with E-state index < -0.39 is 0 Å². The third kappa shape index (κ3) is 9.65. The standard InChI is InChI=1S/Ca.Fe.K.Na.4H/q+2;;2*+1;4*-1. The number of rotatable bonds is 0. The first kappa shape index (κ1) is 23.7. The Balaban J connectivity index is 0. The van der Waals surface area contributed by atoms with E-state index in [0.717, 1.165) is 0 Å². The van der Waals surface area contributed by atoms with Crippen molar-refractivity contribution in [2.45, 2.75) is 0 Å². The molecular formula is H4CaFeKNa. The molecule has 0 heterocycles. The van der Waals surface area contributed by atoms with Crippen molar-refractivity contribution in [3.63, 3.8) is 0 Å². The quantitative estimate of drug-likeness (QED) is 0.311. The van der Waals surface area contributed by atoms with Gasteiger partial charge in [-0.1, -0.05) is 0 Å². The first-order valence-electron chi connectivity index (χ1n) is 0. The molecule has 0 atom stereocenters. The normalized spacial score (nSPS) is 0. The fraction of sp³-hybridized carbons (Fsp3) is 0. The van der Waals surface area contributed by atoms with Crippen LogP contribution >= 0.6 is 0 Å². The second-order valence-electron chi connectivity index (χ2n) is 0. The molecule has 0 spiro atoms. The molecule has 0 aromatic heterocycles. The van der Waals surface area contributed by atoms with Gasteiger partial charge < -0.3 is 5.71 Å². The van der Waals surface area contributed by atoms with E-state index >= 15 is 0 Å². The molecule has 16 valence electrons. The minimum Gasteiger partial charge on any atom is -1.00 e. The van der Waals surface area contributed by atoms with Gasteiger partial charge in [0.05, 0.1) is 0 Å². The summed E-state index contributed by atoms with van der Waals surface area (Å²) in [7, 11) is 0. The Morgan fingerprint density at radius 3 is 1.25 bits per heavy atom. The summed E-state index contributed by atoms with van der Waals surface area (Å²) in [4.78, 5) is 0. The Bertz CT molecular complexity index is 16.0. The van der Waals surface area contributed by atoms with Crippen LogP contribution in [0.4, 0.5) is 0 Å². The van der Waals surface area contributed by atoms with Gasteiger partial charge in [-0.15, -0.1) is 0 Å². The predicted molar refractivity (Wildman–Crippen MR) is 10.2 cm³/mol. The van der Waals surface area contributed by atoms with Crippen LogP contribution in [-0.4, -0.2) is 37.7 Å². The maximum Gasteiger partial charge on any atom is 2.00 e. The largest absolute Gasteiger partial charge is 2.00 e. The molecule has 0 rings (SSSR count). The molecule has 0 aliphatic heterocycles. The summed E-state index contributed by atoms with van der Waals surface area (Å²) in [6, 6.07) is 0. The molecule has 0 aliphatic rings. The van der Waals surface area contributed by atoms with E-state index in [4.69, 9.17) is 0 Å². The maximum absolute atomic E-state index is 0.